The van der Waals surface area contributed by atoms with E-state index in [9.17, 15) is 9.59 Å². The summed E-state index contributed by atoms with van der Waals surface area (Å²) in [4.78, 5) is 25.5. The summed E-state index contributed by atoms with van der Waals surface area (Å²) in [6.45, 7) is 4.38. The summed E-state index contributed by atoms with van der Waals surface area (Å²) >= 11 is 0. The summed E-state index contributed by atoms with van der Waals surface area (Å²) < 4.78 is 10.8. The maximum absolute atomic E-state index is 12.9. The minimum absolute atomic E-state index is 0.00968. The van der Waals surface area contributed by atoms with Gasteiger partial charge in [0.05, 0.1) is 24.4 Å². The summed E-state index contributed by atoms with van der Waals surface area (Å²) in [5.41, 5.74) is 0.341. The molecule has 0 saturated heterocycles. The largest absolute Gasteiger partial charge is 0.469 e. The number of furan rings is 1. The van der Waals surface area contributed by atoms with Crippen molar-refractivity contribution >= 4 is 11.8 Å². The average molecular weight is 330 g/mol. The lowest BCUT2D eigenvalue weighted by Crippen LogP contribution is -2.57. The van der Waals surface area contributed by atoms with Gasteiger partial charge in [0.25, 0.3) is 0 Å². The van der Waals surface area contributed by atoms with Crippen molar-refractivity contribution in [1.29, 1.82) is 0 Å². The Morgan fingerprint density at radius 1 is 1.29 bits per heavy atom. The fraction of sp³-hybridized carbons (Fsp3) is 0.700. The molecule has 1 heterocycles. The van der Waals surface area contributed by atoms with Gasteiger partial charge < -0.3 is 9.15 Å². The van der Waals surface area contributed by atoms with Gasteiger partial charge in [0.1, 0.15) is 5.76 Å². The number of rotatable bonds is 1. The Morgan fingerprint density at radius 2 is 2.08 bits per heavy atom. The van der Waals surface area contributed by atoms with Crippen LogP contribution in [0, 0.1) is 28.6 Å². The maximum Gasteiger partial charge on any atom is 0.311 e. The van der Waals surface area contributed by atoms with E-state index in [4.69, 9.17) is 9.15 Å². The van der Waals surface area contributed by atoms with Crippen molar-refractivity contribution in [2.75, 3.05) is 7.11 Å². The number of ether oxygens (including phenoxy) is 1. The molecule has 0 bridgehead atoms. The van der Waals surface area contributed by atoms with Gasteiger partial charge >= 0.3 is 5.97 Å². The van der Waals surface area contributed by atoms with E-state index in [1.54, 1.807) is 6.26 Å². The highest BCUT2D eigenvalue weighted by Gasteiger charge is 2.61. The van der Waals surface area contributed by atoms with Crippen molar-refractivity contribution < 1.29 is 18.7 Å². The average Bonchev–Trinajstić information content (AvgIpc) is 3.03. The molecule has 4 nitrogen and oxygen atoms in total. The lowest BCUT2D eigenvalue weighted by molar-refractivity contribution is -0.172. The summed E-state index contributed by atoms with van der Waals surface area (Å²) in [6, 6.07) is 1.82. The normalized spacial score (nSPS) is 41.1. The highest BCUT2D eigenvalue weighted by Crippen LogP contribution is 2.63. The Morgan fingerprint density at radius 3 is 2.83 bits per heavy atom. The van der Waals surface area contributed by atoms with Gasteiger partial charge in [-0.3, -0.25) is 9.59 Å². The van der Waals surface area contributed by atoms with Crippen molar-refractivity contribution in [3.05, 3.63) is 23.7 Å². The molecular weight excluding hydrogens is 304 g/mol. The Balaban J connectivity index is 1.75. The quantitative estimate of drug-likeness (QED) is 0.730. The number of Topliss-reactive ketones (excluding diaryl/α,β-unsaturated/α-hetero) is 1. The van der Waals surface area contributed by atoms with E-state index in [0.29, 0.717) is 0 Å². The van der Waals surface area contributed by atoms with Crippen LogP contribution in [0.1, 0.15) is 62.1 Å². The third-order valence-corrected chi connectivity index (χ3v) is 7.48. The highest BCUT2D eigenvalue weighted by molar-refractivity contribution is 6.00. The molecule has 130 valence electrons. The van der Waals surface area contributed by atoms with E-state index in [2.05, 4.69) is 13.8 Å². The van der Waals surface area contributed by atoms with Crippen molar-refractivity contribution in [1.82, 2.24) is 0 Å². The zero-order valence-electron chi connectivity index (χ0n) is 14.8. The first-order valence-corrected chi connectivity index (χ1v) is 9.11. The van der Waals surface area contributed by atoms with Crippen LogP contribution in [0.25, 0.3) is 0 Å². The van der Waals surface area contributed by atoms with Gasteiger partial charge in [0, 0.05) is 12.3 Å². The molecule has 1 aromatic heterocycles. The van der Waals surface area contributed by atoms with Gasteiger partial charge in [0.15, 0.2) is 5.78 Å². The number of esters is 1. The van der Waals surface area contributed by atoms with Gasteiger partial charge in [-0.2, -0.15) is 0 Å². The molecule has 4 rings (SSSR count). The molecule has 2 fully saturated rings. The lowest BCUT2D eigenvalue weighted by atomic mass is 9.44. The minimum Gasteiger partial charge on any atom is -0.469 e. The zero-order chi connectivity index (χ0) is 17.1. The van der Waals surface area contributed by atoms with Crippen LogP contribution in [-0.2, 0) is 16.0 Å². The lowest BCUT2D eigenvalue weighted by Gasteiger charge is -2.59. The van der Waals surface area contributed by atoms with E-state index in [-0.39, 0.29) is 34.9 Å². The van der Waals surface area contributed by atoms with Gasteiger partial charge in [0.2, 0.25) is 0 Å². The molecule has 5 unspecified atom stereocenters. The first-order chi connectivity index (χ1) is 11.4. The van der Waals surface area contributed by atoms with E-state index in [0.717, 1.165) is 49.8 Å². The first-order valence-electron chi connectivity index (χ1n) is 9.11. The molecule has 0 aliphatic heterocycles. The van der Waals surface area contributed by atoms with E-state index in [1.807, 2.05) is 6.07 Å². The molecule has 3 aliphatic carbocycles. The third-order valence-electron chi connectivity index (χ3n) is 7.48. The summed E-state index contributed by atoms with van der Waals surface area (Å²) in [6.07, 6.45) is 7.25. The second-order valence-electron chi connectivity index (χ2n) is 8.44. The van der Waals surface area contributed by atoms with Gasteiger partial charge in [-0.25, -0.2) is 0 Å². The summed E-state index contributed by atoms with van der Waals surface area (Å²) in [5.74, 6) is 1.63. The van der Waals surface area contributed by atoms with Crippen LogP contribution < -0.4 is 0 Å². The molecule has 0 spiro atoms. The van der Waals surface area contributed by atoms with Crippen molar-refractivity contribution in [2.45, 2.75) is 52.4 Å². The van der Waals surface area contributed by atoms with E-state index >= 15 is 0 Å². The Labute approximate surface area is 142 Å². The van der Waals surface area contributed by atoms with E-state index in [1.165, 1.54) is 7.11 Å². The number of carbonyl (C=O) groups excluding carboxylic acids is 2. The SMILES string of the molecule is COC(=O)C1(C)CCCC2(C)C3Cc4occc4C(=O)C3CCC12. The van der Waals surface area contributed by atoms with Crippen LogP contribution in [0.4, 0.5) is 0 Å². The number of ketones is 1. The highest BCUT2D eigenvalue weighted by atomic mass is 16.5. The molecule has 5 atom stereocenters. The Bertz CT molecular complexity index is 690. The van der Waals surface area contributed by atoms with E-state index < -0.39 is 5.41 Å². The van der Waals surface area contributed by atoms with Gasteiger partial charge in [-0.05, 0) is 55.9 Å². The van der Waals surface area contributed by atoms with Crippen LogP contribution in [0.3, 0.4) is 0 Å². The van der Waals surface area contributed by atoms with Crippen LogP contribution in [-0.4, -0.2) is 18.9 Å². The molecule has 2 saturated carbocycles. The maximum atomic E-state index is 12.9. The van der Waals surface area contributed by atoms with Crippen molar-refractivity contribution in [3.8, 4) is 0 Å². The summed E-state index contributed by atoms with van der Waals surface area (Å²) in [7, 11) is 1.49. The molecular formula is C20H26O4. The van der Waals surface area contributed by atoms with Gasteiger partial charge in [-0.15, -0.1) is 0 Å². The second kappa shape index (κ2) is 5.21. The van der Waals surface area contributed by atoms with Crippen LogP contribution in [0.2, 0.25) is 0 Å². The number of hydrogen-bond acceptors (Lipinski definition) is 4. The molecule has 24 heavy (non-hydrogen) atoms. The zero-order valence-corrected chi connectivity index (χ0v) is 14.8. The molecule has 0 aromatic carbocycles. The number of carbonyl (C=O) groups is 2. The molecule has 0 amide bonds. The number of methoxy groups -OCH3 is 1. The monoisotopic (exact) mass is 330 g/mol. The standard InChI is InChI=1S/C20H26O4/c1-19-8-4-9-20(2,18(22)23-3)16(19)6-5-12-14(19)11-15-13(17(12)21)7-10-24-15/h7,10,12,14,16H,4-6,8-9,11H2,1-3H3. The molecule has 3 aliphatic rings. The Kier molecular flexibility index (Phi) is 3.45. The molecule has 1 aromatic rings. The van der Waals surface area contributed by atoms with Crippen molar-refractivity contribution in [3.63, 3.8) is 0 Å². The molecule has 0 radical (unpaired) electrons. The van der Waals surface area contributed by atoms with Crippen LogP contribution in [0.15, 0.2) is 16.7 Å². The molecule has 0 N–H and O–H groups in total. The number of fused-ring (bicyclic) bond motifs is 4. The van der Waals surface area contributed by atoms with Crippen LogP contribution >= 0.6 is 0 Å². The fourth-order valence-corrected chi connectivity index (χ4v) is 6.30. The smallest absolute Gasteiger partial charge is 0.311 e. The predicted molar refractivity (Wildman–Crippen MR) is 88.5 cm³/mol. The summed E-state index contributed by atoms with van der Waals surface area (Å²) in [5, 5.41) is 0. The number of hydrogen-bond donors (Lipinski definition) is 0. The molecule has 4 heteroatoms. The Hall–Kier alpha value is -1.58. The minimum atomic E-state index is -0.431. The van der Waals surface area contributed by atoms with Gasteiger partial charge in [-0.1, -0.05) is 13.3 Å². The fourth-order valence-electron chi connectivity index (χ4n) is 6.30. The predicted octanol–water partition coefficient (Wildman–Crippen LogP) is 4.03. The third kappa shape index (κ3) is 1.91. The van der Waals surface area contributed by atoms with Crippen molar-refractivity contribution in [2.24, 2.45) is 28.6 Å². The topological polar surface area (TPSA) is 56.5 Å². The van der Waals surface area contributed by atoms with Crippen LogP contribution in [0.5, 0.6) is 0 Å². The second-order valence-corrected chi connectivity index (χ2v) is 8.44. The first kappa shape index (κ1) is 15.9.